The van der Waals surface area contributed by atoms with Crippen molar-refractivity contribution in [3.8, 4) is 0 Å². The van der Waals surface area contributed by atoms with Crippen LogP contribution in [0.4, 0.5) is 0 Å². The van der Waals surface area contributed by atoms with Crippen LogP contribution in [-0.4, -0.2) is 67.3 Å². The van der Waals surface area contributed by atoms with E-state index in [-0.39, 0.29) is 17.7 Å². The maximum Gasteiger partial charge on any atom is 0.237 e. The molecule has 1 saturated heterocycles. The van der Waals surface area contributed by atoms with E-state index in [1.54, 1.807) is 11.9 Å². The van der Waals surface area contributed by atoms with Crippen LogP contribution in [-0.2, 0) is 9.59 Å². The number of likely N-dealkylation sites (N-methyl/N-ethyl adjacent to an activating group) is 1. The highest BCUT2D eigenvalue weighted by Crippen LogP contribution is 2.02. The van der Waals surface area contributed by atoms with Crippen molar-refractivity contribution in [2.24, 2.45) is 0 Å². The molecule has 0 unspecified atom stereocenters. The molecule has 1 heterocycles. The van der Waals surface area contributed by atoms with Crippen molar-refractivity contribution in [1.29, 1.82) is 0 Å². The van der Waals surface area contributed by atoms with Crippen molar-refractivity contribution in [3.05, 3.63) is 0 Å². The van der Waals surface area contributed by atoms with E-state index in [0.29, 0.717) is 19.6 Å². The van der Waals surface area contributed by atoms with E-state index in [9.17, 15) is 9.59 Å². The van der Waals surface area contributed by atoms with Gasteiger partial charge in [-0.05, 0) is 0 Å². The zero-order chi connectivity index (χ0) is 11.3. The van der Waals surface area contributed by atoms with Crippen molar-refractivity contribution < 1.29 is 9.59 Å². The summed E-state index contributed by atoms with van der Waals surface area (Å²) in [4.78, 5) is 26.1. The third-order valence-corrected chi connectivity index (χ3v) is 2.71. The van der Waals surface area contributed by atoms with E-state index in [2.05, 4.69) is 5.32 Å². The molecule has 1 aliphatic heterocycles. The number of piperazine rings is 1. The molecular weight excluding hydrogens is 218 g/mol. The van der Waals surface area contributed by atoms with E-state index in [1.807, 2.05) is 4.90 Å². The summed E-state index contributed by atoms with van der Waals surface area (Å²) in [6, 6.07) is 0. The summed E-state index contributed by atoms with van der Waals surface area (Å²) in [5, 5.41) is 2.58. The fourth-order valence-electron chi connectivity index (χ4n) is 1.52. The molecule has 5 nitrogen and oxygen atoms in total. The molecule has 0 aromatic rings. The van der Waals surface area contributed by atoms with Crippen LogP contribution in [0.25, 0.3) is 0 Å². The Hall–Kier alpha value is -0.810. The van der Waals surface area contributed by atoms with E-state index in [0.717, 1.165) is 13.1 Å². The number of nitrogens with one attached hydrogen (secondary N) is 1. The number of carbonyl (C=O) groups is 2. The third kappa shape index (κ3) is 3.68. The Balaban J connectivity index is 2.29. The quantitative estimate of drug-likeness (QED) is 0.644. The Labute approximate surface area is 94.3 Å². The lowest BCUT2D eigenvalue weighted by Crippen LogP contribution is -2.51. The van der Waals surface area contributed by atoms with Crippen molar-refractivity contribution >= 4 is 23.4 Å². The van der Waals surface area contributed by atoms with Gasteiger partial charge in [0, 0.05) is 33.2 Å². The van der Waals surface area contributed by atoms with Gasteiger partial charge in [-0.25, -0.2) is 0 Å². The van der Waals surface area contributed by atoms with Gasteiger partial charge in [0.05, 0.1) is 6.54 Å². The minimum atomic E-state index is -0.0312. The molecule has 0 aromatic heterocycles. The highest BCUT2D eigenvalue weighted by atomic mass is 35.5. The SMILES string of the molecule is CNC(=O)CN1CCN(C(=O)CCl)CC1. The standard InChI is InChI=1S/C9H16ClN3O2/c1-11-8(14)7-12-2-4-13(5-3-12)9(15)6-10/h2-7H2,1H3,(H,11,14). The van der Waals surface area contributed by atoms with Crippen LogP contribution in [0.3, 0.4) is 0 Å². The molecule has 0 spiro atoms. The molecule has 0 bridgehead atoms. The second-order valence-electron chi connectivity index (χ2n) is 3.46. The molecule has 1 fully saturated rings. The Kier molecular flexibility index (Phi) is 4.84. The van der Waals surface area contributed by atoms with Crippen LogP contribution in [0.1, 0.15) is 0 Å². The molecule has 0 aromatic carbocycles. The lowest BCUT2D eigenvalue weighted by Gasteiger charge is -2.33. The van der Waals surface area contributed by atoms with Crippen molar-refractivity contribution in [2.45, 2.75) is 0 Å². The highest BCUT2D eigenvalue weighted by Gasteiger charge is 2.21. The molecule has 15 heavy (non-hydrogen) atoms. The molecule has 1 N–H and O–H groups in total. The smallest absolute Gasteiger partial charge is 0.237 e. The Morgan fingerprint density at radius 1 is 1.27 bits per heavy atom. The summed E-state index contributed by atoms with van der Waals surface area (Å²) < 4.78 is 0. The lowest BCUT2D eigenvalue weighted by molar-refractivity contribution is -0.130. The molecule has 0 atom stereocenters. The molecule has 0 radical (unpaired) electrons. The van der Waals surface area contributed by atoms with Gasteiger partial charge in [0.2, 0.25) is 11.8 Å². The Morgan fingerprint density at radius 3 is 2.33 bits per heavy atom. The average Bonchev–Trinajstić information content (AvgIpc) is 2.29. The van der Waals surface area contributed by atoms with Gasteiger partial charge in [0.25, 0.3) is 0 Å². The number of hydrogen-bond donors (Lipinski definition) is 1. The van der Waals surface area contributed by atoms with Crippen LogP contribution in [0, 0.1) is 0 Å². The van der Waals surface area contributed by atoms with Gasteiger partial charge in [0.15, 0.2) is 0 Å². The van der Waals surface area contributed by atoms with Crippen molar-refractivity contribution in [1.82, 2.24) is 15.1 Å². The number of nitrogens with zero attached hydrogens (tertiary/aromatic N) is 2. The summed E-state index contributed by atoms with van der Waals surface area (Å²) in [6.07, 6.45) is 0. The van der Waals surface area contributed by atoms with Gasteiger partial charge in [0.1, 0.15) is 5.88 Å². The monoisotopic (exact) mass is 233 g/mol. The summed E-state index contributed by atoms with van der Waals surface area (Å²) in [6.45, 7) is 3.18. The number of rotatable bonds is 3. The van der Waals surface area contributed by atoms with Gasteiger partial charge in [-0.1, -0.05) is 0 Å². The number of carbonyl (C=O) groups excluding carboxylic acids is 2. The molecule has 1 aliphatic rings. The van der Waals surface area contributed by atoms with Gasteiger partial charge < -0.3 is 10.2 Å². The first-order valence-corrected chi connectivity index (χ1v) is 5.47. The van der Waals surface area contributed by atoms with Crippen LogP contribution >= 0.6 is 11.6 Å². The zero-order valence-electron chi connectivity index (χ0n) is 8.83. The molecule has 86 valence electrons. The average molecular weight is 234 g/mol. The van der Waals surface area contributed by atoms with E-state index >= 15 is 0 Å². The Bertz CT molecular complexity index is 240. The topological polar surface area (TPSA) is 52.7 Å². The number of amides is 2. The van der Waals surface area contributed by atoms with Crippen LogP contribution in [0.2, 0.25) is 0 Å². The van der Waals surface area contributed by atoms with Gasteiger partial charge in [-0.2, -0.15) is 0 Å². The molecule has 0 aliphatic carbocycles. The number of alkyl halides is 1. The number of halogens is 1. The van der Waals surface area contributed by atoms with Crippen molar-refractivity contribution in [2.75, 3.05) is 45.7 Å². The van der Waals surface area contributed by atoms with Crippen molar-refractivity contribution in [3.63, 3.8) is 0 Å². The van der Waals surface area contributed by atoms with E-state index in [4.69, 9.17) is 11.6 Å². The fourth-order valence-corrected chi connectivity index (χ4v) is 1.69. The minimum Gasteiger partial charge on any atom is -0.358 e. The first-order chi connectivity index (χ1) is 7.17. The summed E-state index contributed by atoms with van der Waals surface area (Å²) >= 11 is 5.46. The van der Waals surface area contributed by atoms with Crippen LogP contribution in [0.15, 0.2) is 0 Å². The van der Waals surface area contributed by atoms with Gasteiger partial charge in [-0.3, -0.25) is 14.5 Å². The first-order valence-electron chi connectivity index (χ1n) is 4.94. The summed E-state index contributed by atoms with van der Waals surface area (Å²) in [5.74, 6) is 0.0125. The predicted octanol–water partition coefficient (Wildman–Crippen LogP) is -0.885. The highest BCUT2D eigenvalue weighted by molar-refractivity contribution is 6.27. The third-order valence-electron chi connectivity index (χ3n) is 2.49. The normalized spacial score (nSPS) is 17.6. The summed E-state index contributed by atoms with van der Waals surface area (Å²) in [7, 11) is 1.62. The first kappa shape index (κ1) is 12.3. The van der Waals surface area contributed by atoms with E-state index < -0.39 is 0 Å². The second-order valence-corrected chi connectivity index (χ2v) is 3.73. The second kappa shape index (κ2) is 5.92. The predicted molar refractivity (Wildman–Crippen MR) is 57.8 cm³/mol. The van der Waals surface area contributed by atoms with Crippen LogP contribution in [0.5, 0.6) is 0 Å². The fraction of sp³-hybridized carbons (Fsp3) is 0.778. The largest absolute Gasteiger partial charge is 0.358 e. The summed E-state index contributed by atoms with van der Waals surface area (Å²) in [5.41, 5.74) is 0. The van der Waals surface area contributed by atoms with E-state index in [1.165, 1.54) is 0 Å². The molecule has 0 saturated carbocycles. The Morgan fingerprint density at radius 2 is 1.87 bits per heavy atom. The minimum absolute atomic E-state index is 0.00659. The maximum absolute atomic E-state index is 11.2. The van der Waals surface area contributed by atoms with Crippen LogP contribution < -0.4 is 5.32 Å². The molecule has 2 amide bonds. The molecular formula is C9H16ClN3O2. The maximum atomic E-state index is 11.2. The lowest BCUT2D eigenvalue weighted by atomic mass is 10.3. The number of hydrogen-bond acceptors (Lipinski definition) is 3. The molecule has 1 rings (SSSR count). The van der Waals surface area contributed by atoms with Gasteiger partial charge >= 0.3 is 0 Å². The zero-order valence-corrected chi connectivity index (χ0v) is 9.59. The molecule has 6 heteroatoms. The van der Waals surface area contributed by atoms with Gasteiger partial charge in [-0.15, -0.1) is 11.6 Å².